The van der Waals surface area contributed by atoms with E-state index in [0.29, 0.717) is 13.1 Å². The average Bonchev–Trinajstić information content (AvgIpc) is 3.26. The summed E-state index contributed by atoms with van der Waals surface area (Å²) in [7, 11) is 4.06. The molecule has 0 atom stereocenters. The molecule has 3 heterocycles. The smallest absolute Gasteiger partial charge is 0.146 e. The molecule has 4 rings (SSSR count). The molecule has 0 unspecified atom stereocenters. The minimum Gasteiger partial charge on any atom is -0.364 e. The summed E-state index contributed by atoms with van der Waals surface area (Å²) < 4.78 is 0. The quantitative estimate of drug-likeness (QED) is 0.508. The van der Waals surface area contributed by atoms with E-state index in [-0.39, 0.29) is 0 Å². The summed E-state index contributed by atoms with van der Waals surface area (Å²) in [5.74, 6) is 1.72. The molecule has 0 saturated heterocycles. The summed E-state index contributed by atoms with van der Waals surface area (Å²) in [5, 5.41) is 7.88. The summed E-state index contributed by atoms with van der Waals surface area (Å²) in [6.45, 7) is 3.45. The maximum absolute atomic E-state index is 4.85. The second-order valence-corrected chi connectivity index (χ2v) is 8.80. The highest BCUT2D eigenvalue weighted by Gasteiger charge is 2.16. The Kier molecular flexibility index (Phi) is 5.15. The molecule has 0 bridgehead atoms. The van der Waals surface area contributed by atoms with Gasteiger partial charge in [0.25, 0.3) is 0 Å². The number of benzene rings is 1. The third-order valence-electron chi connectivity index (χ3n) is 4.12. The van der Waals surface area contributed by atoms with Gasteiger partial charge in [-0.3, -0.25) is 0 Å². The van der Waals surface area contributed by atoms with Gasteiger partial charge in [0.2, 0.25) is 0 Å². The van der Waals surface area contributed by atoms with E-state index >= 15 is 0 Å². The number of thiazole rings is 1. The molecule has 0 aliphatic carbocycles. The minimum atomic E-state index is 0.711. The summed E-state index contributed by atoms with van der Waals surface area (Å²) >= 11 is 3.38. The average molecular weight is 396 g/mol. The number of hydrogen-bond donors (Lipinski definition) is 1. The summed E-state index contributed by atoms with van der Waals surface area (Å²) in [5.41, 5.74) is 2.36. The van der Waals surface area contributed by atoms with Crippen LogP contribution in [-0.4, -0.2) is 33.9 Å². The van der Waals surface area contributed by atoms with Crippen LogP contribution in [0.2, 0.25) is 0 Å². The van der Waals surface area contributed by atoms with Gasteiger partial charge < -0.3 is 10.2 Å². The molecule has 27 heavy (non-hydrogen) atoms. The molecular weight excluding hydrogens is 374 g/mol. The molecule has 1 aromatic carbocycles. The lowest BCUT2D eigenvalue weighted by atomic mass is 10.1. The number of rotatable bonds is 6. The van der Waals surface area contributed by atoms with Gasteiger partial charge in [0, 0.05) is 22.0 Å². The maximum Gasteiger partial charge on any atom is 0.146 e. The van der Waals surface area contributed by atoms with Crippen molar-refractivity contribution in [2.45, 2.75) is 20.0 Å². The lowest BCUT2D eigenvalue weighted by Crippen LogP contribution is -2.14. The predicted molar refractivity (Wildman–Crippen MR) is 114 cm³/mol. The van der Waals surface area contributed by atoms with Crippen LogP contribution in [0.5, 0.6) is 0 Å². The number of nitrogens with one attached hydrogen (secondary N) is 1. The fraction of sp³-hybridized carbons (Fsp3) is 0.250. The Balaban J connectivity index is 1.77. The Morgan fingerprint density at radius 3 is 2.63 bits per heavy atom. The van der Waals surface area contributed by atoms with Gasteiger partial charge in [0.05, 0.1) is 23.5 Å². The summed E-state index contributed by atoms with van der Waals surface area (Å²) in [4.78, 5) is 18.3. The first-order valence-electron chi connectivity index (χ1n) is 8.73. The van der Waals surface area contributed by atoms with Crippen LogP contribution >= 0.6 is 22.7 Å². The van der Waals surface area contributed by atoms with Crippen LogP contribution in [0.3, 0.4) is 0 Å². The van der Waals surface area contributed by atoms with Crippen molar-refractivity contribution in [2.75, 3.05) is 19.4 Å². The molecular formula is C20H21N5S2. The Morgan fingerprint density at radius 2 is 1.93 bits per heavy atom. The number of hydrogen-bond acceptors (Lipinski definition) is 7. The van der Waals surface area contributed by atoms with E-state index in [4.69, 9.17) is 9.97 Å². The molecule has 0 aliphatic rings. The predicted octanol–water partition coefficient (Wildman–Crippen LogP) is 4.80. The molecule has 0 fully saturated rings. The third kappa shape index (κ3) is 4.00. The van der Waals surface area contributed by atoms with Gasteiger partial charge in [0.15, 0.2) is 0 Å². The molecule has 1 N–H and O–H groups in total. The van der Waals surface area contributed by atoms with Gasteiger partial charge in [0.1, 0.15) is 16.5 Å². The van der Waals surface area contributed by atoms with Gasteiger partial charge in [-0.25, -0.2) is 15.0 Å². The minimum absolute atomic E-state index is 0.711. The molecule has 5 nitrogen and oxygen atoms in total. The zero-order valence-electron chi connectivity index (χ0n) is 15.6. The zero-order chi connectivity index (χ0) is 18.8. The molecule has 3 aromatic heterocycles. The second kappa shape index (κ2) is 7.72. The van der Waals surface area contributed by atoms with Gasteiger partial charge in [-0.15, -0.1) is 22.7 Å². The number of nitrogens with zero attached hydrogens (tertiary/aromatic N) is 4. The maximum atomic E-state index is 4.85. The Morgan fingerprint density at radius 1 is 1.11 bits per heavy atom. The van der Waals surface area contributed by atoms with Crippen molar-refractivity contribution in [3.8, 4) is 11.1 Å². The molecule has 4 aromatic rings. The monoisotopic (exact) mass is 395 g/mol. The van der Waals surface area contributed by atoms with Crippen molar-refractivity contribution < 1.29 is 0 Å². The number of aryl methyl sites for hydroxylation is 1. The van der Waals surface area contributed by atoms with Crippen molar-refractivity contribution in [2.24, 2.45) is 0 Å². The Hall–Kier alpha value is -2.35. The molecule has 7 heteroatoms. The molecule has 0 amide bonds. The zero-order valence-corrected chi connectivity index (χ0v) is 17.2. The molecule has 138 valence electrons. The fourth-order valence-corrected chi connectivity index (χ4v) is 4.66. The SMILES string of the molecule is Cc1ncc(CNc2nc(CN(C)C)nc3scc(-c4ccccc4)c23)s1. The highest BCUT2D eigenvalue weighted by atomic mass is 32.1. The van der Waals surface area contributed by atoms with Gasteiger partial charge in [-0.2, -0.15) is 0 Å². The van der Waals surface area contributed by atoms with Gasteiger partial charge in [-0.1, -0.05) is 30.3 Å². The normalized spacial score (nSPS) is 11.4. The van der Waals surface area contributed by atoms with Crippen LogP contribution in [0.4, 0.5) is 5.82 Å². The van der Waals surface area contributed by atoms with Crippen molar-refractivity contribution in [1.82, 2.24) is 19.9 Å². The van der Waals surface area contributed by atoms with Crippen LogP contribution < -0.4 is 5.32 Å². The second-order valence-electron chi connectivity index (χ2n) is 6.62. The molecule has 0 spiro atoms. The van der Waals surface area contributed by atoms with Crippen molar-refractivity contribution in [1.29, 1.82) is 0 Å². The largest absolute Gasteiger partial charge is 0.364 e. The van der Waals surface area contributed by atoms with E-state index in [1.165, 1.54) is 16.0 Å². The number of fused-ring (bicyclic) bond motifs is 1. The highest BCUT2D eigenvalue weighted by Crippen LogP contribution is 2.37. The Labute approximate surface area is 166 Å². The van der Waals surface area contributed by atoms with Crippen LogP contribution in [0.15, 0.2) is 41.9 Å². The number of aromatic nitrogens is 3. The van der Waals surface area contributed by atoms with E-state index in [2.05, 4.69) is 44.8 Å². The molecule has 0 aliphatic heterocycles. The first-order chi connectivity index (χ1) is 13.1. The Bertz CT molecular complexity index is 1050. The molecule has 0 saturated carbocycles. The van der Waals surface area contributed by atoms with Crippen molar-refractivity contribution >= 4 is 38.7 Å². The van der Waals surface area contributed by atoms with Crippen LogP contribution in [-0.2, 0) is 13.1 Å². The lowest BCUT2D eigenvalue weighted by molar-refractivity contribution is 0.391. The first kappa shape index (κ1) is 18.0. The van der Waals surface area contributed by atoms with Crippen LogP contribution in [0.25, 0.3) is 21.3 Å². The van der Waals surface area contributed by atoms with Crippen LogP contribution in [0, 0.1) is 6.92 Å². The standard InChI is InChI=1S/C20H21N5S2/c1-13-21-9-15(27-13)10-22-19-18-16(14-7-5-4-6-8-14)12-26-20(18)24-17(23-19)11-25(2)3/h4-9,12H,10-11H2,1-3H3,(H,22,23,24). The van der Waals surface area contributed by atoms with Crippen molar-refractivity contribution in [3.63, 3.8) is 0 Å². The number of anilines is 1. The number of thiophene rings is 1. The molecule has 0 radical (unpaired) electrons. The summed E-state index contributed by atoms with van der Waals surface area (Å²) in [6, 6.07) is 10.4. The highest BCUT2D eigenvalue weighted by molar-refractivity contribution is 7.17. The van der Waals surface area contributed by atoms with Gasteiger partial charge in [-0.05, 0) is 26.6 Å². The van der Waals surface area contributed by atoms with Gasteiger partial charge >= 0.3 is 0 Å². The van der Waals surface area contributed by atoms with E-state index in [1.54, 1.807) is 22.7 Å². The summed E-state index contributed by atoms with van der Waals surface area (Å²) in [6.07, 6.45) is 1.93. The third-order valence-corrected chi connectivity index (χ3v) is 5.91. The van der Waals surface area contributed by atoms with E-state index in [0.717, 1.165) is 26.9 Å². The van der Waals surface area contributed by atoms with Crippen LogP contribution in [0.1, 0.15) is 15.7 Å². The van der Waals surface area contributed by atoms with E-state index in [1.807, 2.05) is 33.3 Å². The lowest BCUT2D eigenvalue weighted by Gasteiger charge is -2.12. The van der Waals surface area contributed by atoms with Crippen molar-refractivity contribution in [3.05, 3.63) is 57.6 Å². The van der Waals surface area contributed by atoms with E-state index in [9.17, 15) is 0 Å². The topological polar surface area (TPSA) is 53.9 Å². The fourth-order valence-electron chi connectivity index (χ4n) is 2.96. The first-order valence-corrected chi connectivity index (χ1v) is 10.4. The van der Waals surface area contributed by atoms with E-state index < -0.39 is 0 Å².